The smallest absolute Gasteiger partial charge is 0.323 e. The number of nitrogens with one attached hydrogen (secondary N) is 2. The molecule has 104 valence electrons. The molecule has 0 spiro atoms. The summed E-state index contributed by atoms with van der Waals surface area (Å²) < 4.78 is 26.2. The summed E-state index contributed by atoms with van der Waals surface area (Å²) >= 11 is 0. The topological polar surface area (TPSA) is 99.2 Å². The van der Waals surface area contributed by atoms with Crippen LogP contribution >= 0.6 is 0 Å². The Hall–Kier alpha value is -1.34. The van der Waals surface area contributed by atoms with Crippen LogP contribution in [0.1, 0.15) is 19.8 Å². The van der Waals surface area contributed by atoms with E-state index < -0.39 is 24.0 Å². The zero-order valence-electron chi connectivity index (χ0n) is 10.3. The van der Waals surface area contributed by atoms with Gasteiger partial charge in [-0.1, -0.05) is 0 Å². The number of hydrogen-bond acceptors (Lipinski definition) is 4. The lowest BCUT2D eigenvalue weighted by Gasteiger charge is -2.18. The highest BCUT2D eigenvalue weighted by atomic mass is 19.1. The van der Waals surface area contributed by atoms with Gasteiger partial charge in [0.05, 0.1) is 0 Å². The van der Waals surface area contributed by atoms with Gasteiger partial charge in [-0.15, -0.1) is 0 Å². The molecular weight excluding hydrogens is 244 g/mol. The van der Waals surface area contributed by atoms with E-state index in [9.17, 15) is 13.6 Å². The number of carboxylic acids is 1. The molecule has 0 aromatic heterocycles. The normalized spacial score (nSPS) is 15.8. The van der Waals surface area contributed by atoms with Crippen molar-refractivity contribution in [1.29, 1.82) is 5.41 Å². The zero-order chi connectivity index (χ0) is 14.2. The molecule has 0 aliphatic heterocycles. The fourth-order valence-corrected chi connectivity index (χ4v) is 1.16. The Morgan fingerprint density at radius 2 is 2.22 bits per heavy atom. The summed E-state index contributed by atoms with van der Waals surface area (Å²) in [4.78, 5) is 10.7. The Balaban J connectivity index is 4.43. The molecule has 0 aromatic rings. The number of nitrogens with two attached hydrogens (primary N) is 1. The van der Waals surface area contributed by atoms with Crippen LogP contribution in [0.5, 0.6) is 0 Å². The van der Waals surface area contributed by atoms with Gasteiger partial charge >= 0.3 is 5.97 Å². The van der Waals surface area contributed by atoms with Crippen molar-refractivity contribution in [1.82, 2.24) is 5.32 Å². The van der Waals surface area contributed by atoms with Crippen molar-refractivity contribution in [2.45, 2.75) is 25.3 Å². The van der Waals surface area contributed by atoms with E-state index in [0.717, 1.165) is 6.21 Å². The second-order valence-corrected chi connectivity index (χ2v) is 4.20. The third-order valence-corrected chi connectivity index (χ3v) is 2.48. The molecule has 0 rings (SSSR count). The number of alkyl halides is 1. The van der Waals surface area contributed by atoms with Crippen LogP contribution in [-0.2, 0) is 4.79 Å². The molecule has 5 N–H and O–H groups in total. The first kappa shape index (κ1) is 16.7. The predicted molar refractivity (Wildman–Crippen MR) is 65.2 cm³/mol. The van der Waals surface area contributed by atoms with Crippen LogP contribution in [0.2, 0.25) is 0 Å². The third kappa shape index (κ3) is 5.83. The van der Waals surface area contributed by atoms with E-state index in [0.29, 0.717) is 0 Å². The Morgan fingerprint density at radius 3 is 2.67 bits per heavy atom. The standard InChI is InChI=1S/C11H19F2N3O2/c1-11(15,10(17)18)3-2-9(13)8(6-12)7-16-5-4-14/h4,14,16H,2-3,5-7,15H2,1H3,(H,17,18)/b9-8+,14-4?/t11-/m0/s1. The van der Waals surface area contributed by atoms with Gasteiger partial charge in [0, 0.05) is 31.3 Å². The summed E-state index contributed by atoms with van der Waals surface area (Å²) in [5.74, 6) is -1.91. The van der Waals surface area contributed by atoms with E-state index in [4.69, 9.17) is 16.2 Å². The minimum absolute atomic E-state index is 0.00787. The maximum Gasteiger partial charge on any atom is 0.323 e. The van der Waals surface area contributed by atoms with Gasteiger partial charge in [-0.05, 0) is 13.3 Å². The second kappa shape index (κ2) is 7.88. The number of carboxylic acid groups (broad SMARTS) is 1. The maximum absolute atomic E-state index is 13.6. The van der Waals surface area contributed by atoms with Crippen LogP contribution in [-0.4, -0.2) is 42.6 Å². The average Bonchev–Trinajstić information content (AvgIpc) is 2.31. The molecule has 18 heavy (non-hydrogen) atoms. The fraction of sp³-hybridized carbons (Fsp3) is 0.636. The lowest BCUT2D eigenvalue weighted by Crippen LogP contribution is -2.44. The number of carbonyl (C=O) groups is 1. The molecule has 5 nitrogen and oxygen atoms in total. The highest BCUT2D eigenvalue weighted by Gasteiger charge is 2.28. The average molecular weight is 263 g/mol. The van der Waals surface area contributed by atoms with Gasteiger partial charge in [0.25, 0.3) is 0 Å². The van der Waals surface area contributed by atoms with Crippen molar-refractivity contribution in [3.8, 4) is 0 Å². The molecule has 0 unspecified atom stereocenters. The maximum atomic E-state index is 13.6. The zero-order valence-corrected chi connectivity index (χ0v) is 10.3. The van der Waals surface area contributed by atoms with Gasteiger partial charge in [-0.3, -0.25) is 4.79 Å². The quantitative estimate of drug-likeness (QED) is 0.368. The van der Waals surface area contributed by atoms with Crippen LogP contribution in [0.3, 0.4) is 0 Å². The van der Waals surface area contributed by atoms with Gasteiger partial charge in [-0.2, -0.15) is 0 Å². The summed E-state index contributed by atoms with van der Waals surface area (Å²) in [6, 6.07) is 0. The summed E-state index contributed by atoms with van der Waals surface area (Å²) in [5.41, 5.74) is 3.85. The van der Waals surface area contributed by atoms with Crippen molar-refractivity contribution in [3.63, 3.8) is 0 Å². The molecule has 0 amide bonds. The molecular formula is C11H19F2N3O2. The molecule has 0 saturated carbocycles. The van der Waals surface area contributed by atoms with Crippen molar-refractivity contribution < 1.29 is 18.7 Å². The molecule has 0 aliphatic rings. The summed E-state index contributed by atoms with van der Waals surface area (Å²) in [6.07, 6.45) is 0.752. The Kier molecular flexibility index (Phi) is 7.30. The first-order valence-electron chi connectivity index (χ1n) is 5.49. The number of halogens is 2. The molecule has 0 aromatic carbocycles. The summed E-state index contributed by atoms with van der Waals surface area (Å²) in [5, 5.41) is 18.2. The lowest BCUT2D eigenvalue weighted by atomic mass is 9.96. The van der Waals surface area contributed by atoms with E-state index in [1.54, 1.807) is 0 Å². The molecule has 0 aliphatic carbocycles. The Morgan fingerprint density at radius 1 is 1.61 bits per heavy atom. The van der Waals surface area contributed by atoms with Gasteiger partial charge in [-0.25, -0.2) is 8.78 Å². The van der Waals surface area contributed by atoms with Crippen molar-refractivity contribution in [3.05, 3.63) is 11.4 Å². The van der Waals surface area contributed by atoms with Crippen LogP contribution in [0.4, 0.5) is 8.78 Å². The largest absolute Gasteiger partial charge is 0.480 e. The molecule has 7 heteroatoms. The summed E-state index contributed by atoms with van der Waals surface area (Å²) in [6.45, 7) is 0.544. The van der Waals surface area contributed by atoms with Gasteiger partial charge in [0.15, 0.2) is 0 Å². The second-order valence-electron chi connectivity index (χ2n) is 4.20. The number of aliphatic carboxylic acids is 1. The first-order chi connectivity index (χ1) is 8.35. The molecule has 0 radical (unpaired) electrons. The van der Waals surface area contributed by atoms with Gasteiger partial charge in [0.1, 0.15) is 18.0 Å². The van der Waals surface area contributed by atoms with Crippen LogP contribution in [0, 0.1) is 5.41 Å². The fourth-order valence-electron chi connectivity index (χ4n) is 1.16. The van der Waals surface area contributed by atoms with Gasteiger partial charge < -0.3 is 21.6 Å². The monoisotopic (exact) mass is 263 g/mol. The van der Waals surface area contributed by atoms with Crippen molar-refractivity contribution >= 4 is 12.2 Å². The molecule has 0 bridgehead atoms. The number of allylic oxidation sites excluding steroid dienone is 1. The van der Waals surface area contributed by atoms with Gasteiger partial charge in [0.2, 0.25) is 0 Å². The van der Waals surface area contributed by atoms with Crippen molar-refractivity contribution in [2.24, 2.45) is 5.73 Å². The minimum Gasteiger partial charge on any atom is -0.480 e. The van der Waals surface area contributed by atoms with E-state index in [-0.39, 0.29) is 31.5 Å². The van der Waals surface area contributed by atoms with E-state index in [1.807, 2.05) is 0 Å². The van der Waals surface area contributed by atoms with E-state index >= 15 is 0 Å². The predicted octanol–water partition coefficient (Wildman–Crippen LogP) is 1.00. The summed E-state index contributed by atoms with van der Waals surface area (Å²) in [7, 11) is 0. The van der Waals surface area contributed by atoms with E-state index in [1.165, 1.54) is 6.92 Å². The molecule has 0 saturated heterocycles. The van der Waals surface area contributed by atoms with Crippen molar-refractivity contribution in [2.75, 3.05) is 19.8 Å². The Labute approximate surface area is 105 Å². The minimum atomic E-state index is -1.53. The molecule has 0 heterocycles. The number of hydrogen-bond donors (Lipinski definition) is 4. The first-order valence-corrected chi connectivity index (χ1v) is 5.49. The van der Waals surface area contributed by atoms with E-state index in [2.05, 4.69) is 5.32 Å². The van der Waals surface area contributed by atoms with Crippen LogP contribution < -0.4 is 11.1 Å². The lowest BCUT2D eigenvalue weighted by molar-refractivity contribution is -0.142. The Bertz CT molecular complexity index is 330. The highest BCUT2D eigenvalue weighted by Crippen LogP contribution is 2.18. The highest BCUT2D eigenvalue weighted by molar-refractivity contribution is 5.77. The number of rotatable bonds is 9. The molecule has 1 atom stereocenters. The van der Waals surface area contributed by atoms with Crippen LogP contribution in [0.25, 0.3) is 0 Å². The third-order valence-electron chi connectivity index (χ3n) is 2.48. The van der Waals surface area contributed by atoms with Crippen LogP contribution in [0.15, 0.2) is 11.4 Å². The SMILES string of the molecule is C[C@](N)(CC/C(F)=C(/CF)CNCC=N)C(=O)O. The molecule has 0 fully saturated rings.